The molecule has 0 amide bonds. The molecule has 0 saturated heterocycles. The normalized spacial score (nSPS) is 10.8. The number of halogens is 1. The van der Waals surface area contributed by atoms with Gasteiger partial charge in [-0.1, -0.05) is 25.4 Å². The van der Waals surface area contributed by atoms with Crippen molar-refractivity contribution in [2.75, 3.05) is 11.9 Å². The molecular formula is C12H14ClN3S. The summed E-state index contributed by atoms with van der Waals surface area (Å²) in [5.41, 5.74) is 0.989. The highest BCUT2D eigenvalue weighted by Crippen LogP contribution is 2.22. The summed E-state index contributed by atoms with van der Waals surface area (Å²) in [6.07, 6.45) is 0. The van der Waals surface area contributed by atoms with Gasteiger partial charge in [0.15, 0.2) is 5.82 Å². The molecule has 0 aliphatic carbocycles. The van der Waals surface area contributed by atoms with Crippen molar-refractivity contribution >= 4 is 28.3 Å². The van der Waals surface area contributed by atoms with Gasteiger partial charge in [-0.25, -0.2) is 0 Å². The van der Waals surface area contributed by atoms with Crippen molar-refractivity contribution < 1.29 is 0 Å². The van der Waals surface area contributed by atoms with Gasteiger partial charge in [0.2, 0.25) is 5.13 Å². The maximum absolute atomic E-state index is 5.84. The predicted octanol–water partition coefficient (Wildman–Crippen LogP) is 3.93. The van der Waals surface area contributed by atoms with Crippen LogP contribution in [0, 0.1) is 5.92 Å². The van der Waals surface area contributed by atoms with E-state index >= 15 is 0 Å². The van der Waals surface area contributed by atoms with E-state index in [2.05, 4.69) is 28.5 Å². The molecule has 5 heteroatoms. The highest BCUT2D eigenvalue weighted by Gasteiger charge is 2.06. The fraction of sp³-hybridized carbons (Fsp3) is 0.333. The molecule has 90 valence electrons. The molecule has 0 unspecified atom stereocenters. The quantitative estimate of drug-likeness (QED) is 0.912. The van der Waals surface area contributed by atoms with Gasteiger partial charge in [-0.15, -0.1) is 0 Å². The first-order chi connectivity index (χ1) is 8.15. The highest BCUT2D eigenvalue weighted by atomic mass is 35.5. The Morgan fingerprint density at radius 3 is 2.65 bits per heavy atom. The number of nitrogens with zero attached hydrogens (tertiary/aromatic N) is 2. The van der Waals surface area contributed by atoms with Crippen molar-refractivity contribution in [1.82, 2.24) is 9.36 Å². The Morgan fingerprint density at radius 1 is 1.29 bits per heavy atom. The first kappa shape index (κ1) is 12.3. The van der Waals surface area contributed by atoms with Gasteiger partial charge in [-0.05, 0) is 30.2 Å². The molecule has 1 aromatic carbocycles. The number of rotatable bonds is 4. The predicted molar refractivity (Wildman–Crippen MR) is 73.7 cm³/mol. The molecular weight excluding hydrogens is 254 g/mol. The minimum absolute atomic E-state index is 0.595. The standard InChI is InChI=1S/C12H14ClN3S/c1-8(2)7-14-12-15-11(16-17-12)9-3-5-10(13)6-4-9/h3-6,8H,7H2,1-2H3,(H,14,15,16). The van der Waals surface area contributed by atoms with Gasteiger partial charge in [-0.3, -0.25) is 0 Å². The molecule has 1 aromatic heterocycles. The Balaban J connectivity index is 2.10. The third kappa shape index (κ3) is 3.41. The number of nitrogens with one attached hydrogen (secondary N) is 1. The lowest BCUT2D eigenvalue weighted by Gasteiger charge is -2.03. The summed E-state index contributed by atoms with van der Waals surface area (Å²) < 4.78 is 4.32. The van der Waals surface area contributed by atoms with E-state index in [1.165, 1.54) is 11.5 Å². The summed E-state index contributed by atoms with van der Waals surface area (Å²) >= 11 is 7.22. The van der Waals surface area contributed by atoms with Crippen LogP contribution in [-0.2, 0) is 0 Å². The van der Waals surface area contributed by atoms with E-state index in [0.29, 0.717) is 5.92 Å². The van der Waals surface area contributed by atoms with Crippen LogP contribution in [0.15, 0.2) is 24.3 Å². The summed E-state index contributed by atoms with van der Waals surface area (Å²) in [5.74, 6) is 1.34. The smallest absolute Gasteiger partial charge is 0.202 e. The third-order valence-corrected chi connectivity index (χ3v) is 3.11. The lowest BCUT2D eigenvalue weighted by molar-refractivity contribution is 0.688. The lowest BCUT2D eigenvalue weighted by atomic mass is 10.2. The number of aromatic nitrogens is 2. The molecule has 3 nitrogen and oxygen atoms in total. The van der Waals surface area contributed by atoms with Gasteiger partial charge < -0.3 is 5.32 Å². The zero-order valence-corrected chi connectivity index (χ0v) is 11.3. The molecule has 0 saturated carbocycles. The van der Waals surface area contributed by atoms with Gasteiger partial charge in [0.25, 0.3) is 0 Å². The first-order valence-corrected chi connectivity index (χ1v) is 6.64. The molecule has 2 rings (SSSR count). The zero-order chi connectivity index (χ0) is 12.3. The van der Waals surface area contributed by atoms with Crippen molar-refractivity contribution in [3.05, 3.63) is 29.3 Å². The maximum Gasteiger partial charge on any atom is 0.202 e. The highest BCUT2D eigenvalue weighted by molar-refractivity contribution is 7.09. The molecule has 0 bridgehead atoms. The fourth-order valence-electron chi connectivity index (χ4n) is 1.30. The Kier molecular flexibility index (Phi) is 3.97. The van der Waals surface area contributed by atoms with Crippen molar-refractivity contribution in [2.45, 2.75) is 13.8 Å². The molecule has 2 aromatic rings. The topological polar surface area (TPSA) is 37.8 Å². The van der Waals surface area contributed by atoms with Gasteiger partial charge >= 0.3 is 0 Å². The van der Waals surface area contributed by atoms with Crippen LogP contribution in [0.25, 0.3) is 11.4 Å². The van der Waals surface area contributed by atoms with E-state index in [0.717, 1.165) is 28.1 Å². The average molecular weight is 268 g/mol. The van der Waals surface area contributed by atoms with Crippen LogP contribution in [0.1, 0.15) is 13.8 Å². The number of benzene rings is 1. The van der Waals surface area contributed by atoms with Crippen LogP contribution in [0.3, 0.4) is 0 Å². The Labute approximate surface area is 110 Å². The zero-order valence-electron chi connectivity index (χ0n) is 9.77. The largest absolute Gasteiger partial charge is 0.360 e. The molecule has 0 spiro atoms. The second kappa shape index (κ2) is 5.47. The maximum atomic E-state index is 5.84. The minimum atomic E-state index is 0.595. The fourth-order valence-corrected chi connectivity index (χ4v) is 2.02. The van der Waals surface area contributed by atoms with Gasteiger partial charge in [0.1, 0.15) is 0 Å². The minimum Gasteiger partial charge on any atom is -0.360 e. The van der Waals surface area contributed by atoms with Gasteiger partial charge in [-0.2, -0.15) is 9.36 Å². The lowest BCUT2D eigenvalue weighted by Crippen LogP contribution is -2.07. The molecule has 17 heavy (non-hydrogen) atoms. The third-order valence-electron chi connectivity index (χ3n) is 2.19. The van der Waals surface area contributed by atoms with E-state index in [-0.39, 0.29) is 0 Å². The van der Waals surface area contributed by atoms with Crippen LogP contribution in [0.2, 0.25) is 5.02 Å². The molecule has 0 radical (unpaired) electrons. The van der Waals surface area contributed by atoms with Gasteiger partial charge in [0, 0.05) is 28.7 Å². The first-order valence-electron chi connectivity index (χ1n) is 5.48. The van der Waals surface area contributed by atoms with Crippen LogP contribution < -0.4 is 5.32 Å². The number of hydrogen-bond acceptors (Lipinski definition) is 4. The molecule has 0 aliphatic heterocycles. The average Bonchev–Trinajstić information content (AvgIpc) is 2.76. The van der Waals surface area contributed by atoms with Crippen molar-refractivity contribution in [3.63, 3.8) is 0 Å². The second-order valence-electron chi connectivity index (χ2n) is 4.20. The van der Waals surface area contributed by atoms with E-state index < -0.39 is 0 Å². The summed E-state index contributed by atoms with van der Waals surface area (Å²) in [5, 5.41) is 4.85. The van der Waals surface area contributed by atoms with Gasteiger partial charge in [0.05, 0.1) is 0 Å². The molecule has 0 fully saturated rings. The molecule has 0 aliphatic rings. The summed E-state index contributed by atoms with van der Waals surface area (Å²) in [7, 11) is 0. The number of anilines is 1. The SMILES string of the molecule is CC(C)CNc1nc(-c2ccc(Cl)cc2)ns1. The summed E-state index contributed by atoms with van der Waals surface area (Å²) in [6.45, 7) is 5.23. The van der Waals surface area contributed by atoms with E-state index in [1.807, 2.05) is 24.3 Å². The van der Waals surface area contributed by atoms with E-state index in [9.17, 15) is 0 Å². The van der Waals surface area contributed by atoms with Crippen LogP contribution >= 0.6 is 23.1 Å². The van der Waals surface area contributed by atoms with E-state index in [1.54, 1.807) is 0 Å². The molecule has 1 heterocycles. The summed E-state index contributed by atoms with van der Waals surface area (Å²) in [4.78, 5) is 4.44. The Hall–Kier alpha value is -1.13. The van der Waals surface area contributed by atoms with Crippen molar-refractivity contribution in [2.24, 2.45) is 5.92 Å². The monoisotopic (exact) mass is 267 g/mol. The van der Waals surface area contributed by atoms with E-state index in [4.69, 9.17) is 11.6 Å². The Bertz CT molecular complexity index is 479. The van der Waals surface area contributed by atoms with Crippen LogP contribution in [0.4, 0.5) is 5.13 Å². The van der Waals surface area contributed by atoms with Crippen LogP contribution in [-0.4, -0.2) is 15.9 Å². The molecule has 1 N–H and O–H groups in total. The molecule has 0 atom stereocenters. The number of hydrogen-bond donors (Lipinski definition) is 1. The second-order valence-corrected chi connectivity index (χ2v) is 5.39. The Morgan fingerprint density at radius 2 is 2.00 bits per heavy atom. The van der Waals surface area contributed by atoms with Crippen molar-refractivity contribution in [1.29, 1.82) is 0 Å². The van der Waals surface area contributed by atoms with Crippen LogP contribution in [0.5, 0.6) is 0 Å². The summed E-state index contributed by atoms with van der Waals surface area (Å²) in [6, 6.07) is 7.55. The van der Waals surface area contributed by atoms with Crippen molar-refractivity contribution in [3.8, 4) is 11.4 Å².